The van der Waals surface area contributed by atoms with Crippen molar-refractivity contribution in [2.45, 2.75) is 31.0 Å². The van der Waals surface area contributed by atoms with Gasteiger partial charge in [-0.25, -0.2) is 13.8 Å². The van der Waals surface area contributed by atoms with E-state index in [0.29, 0.717) is 17.1 Å². The molecule has 6 N–H and O–H groups in total. The number of ether oxygens (including phenoxy) is 1. The minimum absolute atomic E-state index is 0.0827. The Balaban J connectivity index is 1.58. The van der Waals surface area contributed by atoms with Crippen LogP contribution in [0.15, 0.2) is 77.4 Å². The SMILES string of the molecule is C[C@H](c1ccccc1)[C@H](NC(=O)[C@H](N)c1ccc(OC[C@@H](O)CO)cc1)c1ncc(-c2c(F)cc(Br)cc2F)[nH]1. The average molecular weight is 615 g/mol. The minimum Gasteiger partial charge on any atom is -0.491 e. The summed E-state index contributed by atoms with van der Waals surface area (Å²) < 4.78 is 34.9. The normalized spacial score (nSPS) is 14.3. The molecule has 8 nitrogen and oxygen atoms in total. The standard InChI is InChI=1S/C29H29BrF2N4O4/c1-16(17-5-3-2-4-6-17)27(28-34-13-24(35-28)25-22(31)11-19(30)12-23(25)32)36-29(39)26(33)18-7-9-21(10-8-18)40-15-20(38)14-37/h2-13,16,20,26-27,37-38H,14-15,33H2,1H3,(H,34,35)(H,36,39)/t16-,20+,26-,27+/m1/s1. The Morgan fingerprint density at radius 1 is 1.10 bits per heavy atom. The number of nitrogens with one attached hydrogen (secondary N) is 2. The number of carbonyl (C=O) groups is 1. The lowest BCUT2D eigenvalue weighted by molar-refractivity contribution is -0.123. The van der Waals surface area contributed by atoms with Crippen LogP contribution >= 0.6 is 15.9 Å². The monoisotopic (exact) mass is 614 g/mol. The number of nitrogens with zero attached hydrogens (tertiary/aromatic N) is 1. The zero-order valence-corrected chi connectivity index (χ0v) is 23.1. The first kappa shape index (κ1) is 29.3. The van der Waals surface area contributed by atoms with Crippen molar-refractivity contribution in [1.82, 2.24) is 15.3 Å². The number of imidazole rings is 1. The van der Waals surface area contributed by atoms with E-state index in [2.05, 4.69) is 31.2 Å². The van der Waals surface area contributed by atoms with Gasteiger partial charge in [0.15, 0.2) is 0 Å². The third-order valence-corrected chi connectivity index (χ3v) is 6.92. The lowest BCUT2D eigenvalue weighted by atomic mass is 9.92. The van der Waals surface area contributed by atoms with E-state index in [1.54, 1.807) is 24.3 Å². The second-order valence-corrected chi connectivity index (χ2v) is 10.2. The van der Waals surface area contributed by atoms with Crippen LogP contribution in [-0.2, 0) is 4.79 Å². The molecule has 0 saturated carbocycles. The quantitative estimate of drug-likeness (QED) is 0.169. The van der Waals surface area contributed by atoms with Gasteiger partial charge in [0.1, 0.15) is 42.0 Å². The molecule has 1 amide bonds. The number of amides is 1. The lowest BCUT2D eigenvalue weighted by Crippen LogP contribution is -2.39. The first-order valence-corrected chi connectivity index (χ1v) is 13.3. The van der Waals surface area contributed by atoms with Crippen LogP contribution in [0.1, 0.15) is 41.9 Å². The number of carbonyl (C=O) groups excluding carboxylic acids is 1. The Morgan fingerprint density at radius 2 is 1.75 bits per heavy atom. The molecular weight excluding hydrogens is 586 g/mol. The number of aromatic amines is 1. The third kappa shape index (κ3) is 6.92. The molecule has 3 aromatic carbocycles. The predicted octanol–water partition coefficient (Wildman–Crippen LogP) is 4.51. The topological polar surface area (TPSA) is 133 Å². The zero-order chi connectivity index (χ0) is 28.8. The fraction of sp³-hybridized carbons (Fsp3) is 0.241. The van der Waals surface area contributed by atoms with E-state index >= 15 is 0 Å². The molecule has 1 heterocycles. The molecule has 1 aromatic heterocycles. The van der Waals surface area contributed by atoms with Crippen LogP contribution < -0.4 is 15.8 Å². The smallest absolute Gasteiger partial charge is 0.242 e. The van der Waals surface area contributed by atoms with Crippen molar-refractivity contribution in [3.05, 3.63) is 106 Å². The van der Waals surface area contributed by atoms with Crippen LogP contribution in [0.4, 0.5) is 8.78 Å². The Bertz CT molecular complexity index is 1410. The van der Waals surface area contributed by atoms with E-state index in [9.17, 15) is 18.7 Å². The van der Waals surface area contributed by atoms with Crippen molar-refractivity contribution in [3.63, 3.8) is 0 Å². The van der Waals surface area contributed by atoms with Gasteiger partial charge >= 0.3 is 0 Å². The molecule has 4 aromatic rings. The molecule has 40 heavy (non-hydrogen) atoms. The summed E-state index contributed by atoms with van der Waals surface area (Å²) in [5.74, 6) is -1.56. The van der Waals surface area contributed by atoms with Gasteiger partial charge in [-0.05, 0) is 35.4 Å². The molecule has 0 aliphatic heterocycles. The Labute approximate surface area is 238 Å². The lowest BCUT2D eigenvalue weighted by Gasteiger charge is -2.26. The van der Waals surface area contributed by atoms with Crippen molar-refractivity contribution >= 4 is 21.8 Å². The molecule has 0 aliphatic carbocycles. The summed E-state index contributed by atoms with van der Waals surface area (Å²) in [4.78, 5) is 20.7. The van der Waals surface area contributed by atoms with Gasteiger partial charge in [-0.1, -0.05) is 65.3 Å². The van der Waals surface area contributed by atoms with Gasteiger partial charge in [0, 0.05) is 10.4 Å². The molecule has 0 aliphatic rings. The van der Waals surface area contributed by atoms with Gasteiger partial charge in [-0.2, -0.15) is 0 Å². The van der Waals surface area contributed by atoms with E-state index in [1.165, 1.54) is 6.20 Å². The molecular formula is C29H29BrF2N4O4. The summed E-state index contributed by atoms with van der Waals surface area (Å²) >= 11 is 3.08. The highest BCUT2D eigenvalue weighted by molar-refractivity contribution is 9.10. The summed E-state index contributed by atoms with van der Waals surface area (Å²) in [7, 11) is 0. The van der Waals surface area contributed by atoms with Crippen LogP contribution in [0, 0.1) is 11.6 Å². The van der Waals surface area contributed by atoms with Gasteiger partial charge in [-0.3, -0.25) is 4.79 Å². The molecule has 0 radical (unpaired) electrons. The van der Waals surface area contributed by atoms with Crippen LogP contribution in [0.5, 0.6) is 5.75 Å². The minimum atomic E-state index is -1.04. The molecule has 0 bridgehead atoms. The zero-order valence-electron chi connectivity index (χ0n) is 21.5. The number of halogens is 3. The van der Waals surface area contributed by atoms with Gasteiger partial charge < -0.3 is 31.0 Å². The maximum atomic E-state index is 14.6. The Kier molecular flexibility index (Phi) is 9.64. The number of benzene rings is 3. The maximum absolute atomic E-state index is 14.6. The van der Waals surface area contributed by atoms with Crippen molar-refractivity contribution in [3.8, 4) is 17.0 Å². The third-order valence-electron chi connectivity index (χ3n) is 6.46. The number of aliphatic hydroxyl groups is 2. The van der Waals surface area contributed by atoms with E-state index in [0.717, 1.165) is 17.7 Å². The number of hydrogen-bond donors (Lipinski definition) is 5. The van der Waals surface area contributed by atoms with Gasteiger partial charge in [-0.15, -0.1) is 0 Å². The van der Waals surface area contributed by atoms with Crippen molar-refractivity contribution in [2.24, 2.45) is 5.73 Å². The van der Waals surface area contributed by atoms with E-state index in [4.69, 9.17) is 15.6 Å². The average Bonchev–Trinajstić information content (AvgIpc) is 3.43. The highest BCUT2D eigenvalue weighted by atomic mass is 79.9. The van der Waals surface area contributed by atoms with Gasteiger partial charge in [0.2, 0.25) is 5.91 Å². The molecule has 0 saturated heterocycles. The second kappa shape index (κ2) is 13.1. The molecule has 0 unspecified atom stereocenters. The maximum Gasteiger partial charge on any atom is 0.242 e. The van der Waals surface area contributed by atoms with Crippen molar-refractivity contribution < 1.29 is 28.5 Å². The summed E-state index contributed by atoms with van der Waals surface area (Å²) in [5.41, 5.74) is 7.58. The number of H-pyrrole nitrogens is 1. The van der Waals surface area contributed by atoms with Gasteiger partial charge in [0.05, 0.1) is 30.1 Å². The number of aliphatic hydroxyl groups excluding tert-OH is 2. The summed E-state index contributed by atoms with van der Waals surface area (Å²) in [6.45, 7) is 1.40. The Morgan fingerprint density at radius 3 is 2.38 bits per heavy atom. The molecule has 11 heteroatoms. The van der Waals surface area contributed by atoms with E-state index < -0.39 is 42.3 Å². The predicted molar refractivity (Wildman–Crippen MR) is 149 cm³/mol. The second-order valence-electron chi connectivity index (χ2n) is 9.31. The van der Waals surface area contributed by atoms with Crippen LogP contribution in [0.3, 0.4) is 0 Å². The molecule has 0 fully saturated rings. The fourth-order valence-corrected chi connectivity index (χ4v) is 4.61. The van der Waals surface area contributed by atoms with Gasteiger partial charge in [0.25, 0.3) is 0 Å². The summed E-state index contributed by atoms with van der Waals surface area (Å²) in [6.07, 6.45) is 0.323. The van der Waals surface area contributed by atoms with E-state index in [-0.39, 0.29) is 28.3 Å². The highest BCUT2D eigenvalue weighted by Gasteiger charge is 2.29. The van der Waals surface area contributed by atoms with Crippen molar-refractivity contribution in [2.75, 3.05) is 13.2 Å². The molecule has 4 atom stereocenters. The first-order valence-electron chi connectivity index (χ1n) is 12.5. The fourth-order valence-electron chi connectivity index (χ4n) is 4.21. The first-order chi connectivity index (χ1) is 19.2. The van der Waals surface area contributed by atoms with E-state index in [1.807, 2.05) is 37.3 Å². The molecule has 4 rings (SSSR count). The number of rotatable bonds is 11. The number of aromatic nitrogens is 2. The summed E-state index contributed by atoms with van der Waals surface area (Å²) in [5, 5.41) is 21.3. The van der Waals surface area contributed by atoms with Crippen LogP contribution in [0.2, 0.25) is 0 Å². The largest absolute Gasteiger partial charge is 0.491 e. The van der Waals surface area contributed by atoms with Crippen LogP contribution in [0.25, 0.3) is 11.3 Å². The Hall–Kier alpha value is -3.64. The number of nitrogens with two attached hydrogens (primary N) is 1. The van der Waals surface area contributed by atoms with Crippen molar-refractivity contribution in [1.29, 1.82) is 0 Å². The number of hydrogen-bond acceptors (Lipinski definition) is 6. The summed E-state index contributed by atoms with van der Waals surface area (Å²) in [6, 6.07) is 16.5. The molecule has 0 spiro atoms. The highest BCUT2D eigenvalue weighted by Crippen LogP contribution is 2.33. The molecule has 210 valence electrons. The van der Waals surface area contributed by atoms with Crippen LogP contribution in [-0.4, -0.2) is 45.4 Å².